The van der Waals surface area contributed by atoms with Gasteiger partial charge in [-0.25, -0.2) is 9.37 Å². The smallest absolute Gasteiger partial charge is 0.259 e. The van der Waals surface area contributed by atoms with Gasteiger partial charge in [0.15, 0.2) is 0 Å². The van der Waals surface area contributed by atoms with Crippen LogP contribution < -0.4 is 10.2 Å². The van der Waals surface area contributed by atoms with E-state index in [1.807, 2.05) is 12.1 Å². The Bertz CT molecular complexity index is 798. The maximum absolute atomic E-state index is 13.8. The summed E-state index contributed by atoms with van der Waals surface area (Å²) in [7, 11) is 0. The second-order valence-electron chi connectivity index (χ2n) is 7.29. The summed E-state index contributed by atoms with van der Waals surface area (Å²) in [6.07, 6.45) is 7.08. The molecule has 1 aromatic carbocycles. The highest BCUT2D eigenvalue weighted by Gasteiger charge is 2.26. The SMILES string of the molecule is O=C(Nc1cc(N2CCN(C3CCCC3)CC2)ccn1)c1ccccc1F. The van der Waals surface area contributed by atoms with Crippen LogP contribution in [-0.2, 0) is 0 Å². The molecule has 0 spiro atoms. The summed E-state index contributed by atoms with van der Waals surface area (Å²) in [4.78, 5) is 21.5. The van der Waals surface area contributed by atoms with E-state index in [1.165, 1.54) is 37.8 Å². The van der Waals surface area contributed by atoms with E-state index in [1.54, 1.807) is 18.3 Å². The van der Waals surface area contributed by atoms with E-state index < -0.39 is 11.7 Å². The van der Waals surface area contributed by atoms with Gasteiger partial charge >= 0.3 is 0 Å². The molecule has 1 N–H and O–H groups in total. The summed E-state index contributed by atoms with van der Waals surface area (Å²) in [5, 5.41) is 2.70. The van der Waals surface area contributed by atoms with Gasteiger partial charge in [-0.15, -0.1) is 0 Å². The molecule has 2 heterocycles. The quantitative estimate of drug-likeness (QED) is 0.897. The number of rotatable bonds is 4. The van der Waals surface area contributed by atoms with Crippen LogP contribution in [0.1, 0.15) is 36.0 Å². The molecule has 1 amide bonds. The van der Waals surface area contributed by atoms with E-state index in [9.17, 15) is 9.18 Å². The molecule has 27 heavy (non-hydrogen) atoms. The lowest BCUT2D eigenvalue weighted by Gasteiger charge is -2.39. The molecule has 1 aliphatic carbocycles. The van der Waals surface area contributed by atoms with Crippen molar-refractivity contribution < 1.29 is 9.18 Å². The number of carbonyl (C=O) groups excluding carboxylic acids is 1. The summed E-state index contributed by atoms with van der Waals surface area (Å²) >= 11 is 0. The van der Waals surface area contributed by atoms with Crippen molar-refractivity contribution >= 4 is 17.4 Å². The lowest BCUT2D eigenvalue weighted by Crippen LogP contribution is -2.49. The minimum atomic E-state index is -0.533. The van der Waals surface area contributed by atoms with E-state index in [2.05, 4.69) is 20.1 Å². The molecule has 1 aliphatic heterocycles. The maximum atomic E-state index is 13.8. The van der Waals surface area contributed by atoms with Gasteiger partial charge in [-0.2, -0.15) is 0 Å². The molecule has 1 saturated heterocycles. The number of anilines is 2. The molecular formula is C21H25FN4O. The molecule has 0 atom stereocenters. The van der Waals surface area contributed by atoms with Crippen molar-refractivity contribution in [2.24, 2.45) is 0 Å². The van der Waals surface area contributed by atoms with Crippen LogP contribution in [0.5, 0.6) is 0 Å². The van der Waals surface area contributed by atoms with Gasteiger partial charge in [0, 0.05) is 50.2 Å². The Morgan fingerprint density at radius 1 is 1.07 bits per heavy atom. The van der Waals surface area contributed by atoms with Gasteiger partial charge in [0.2, 0.25) is 0 Å². The molecule has 5 nitrogen and oxygen atoms in total. The highest BCUT2D eigenvalue weighted by atomic mass is 19.1. The standard InChI is InChI=1S/C21H25FN4O/c22-19-8-4-3-7-18(19)21(27)24-20-15-17(9-10-23-20)26-13-11-25(12-14-26)16-5-1-2-6-16/h3-4,7-10,15-16H,1-2,5-6,11-14H2,(H,23,24,27). The fraction of sp³-hybridized carbons (Fsp3) is 0.429. The summed E-state index contributed by atoms with van der Waals surface area (Å²) < 4.78 is 13.8. The lowest BCUT2D eigenvalue weighted by atomic mass is 10.1. The van der Waals surface area contributed by atoms with Crippen molar-refractivity contribution in [1.29, 1.82) is 0 Å². The highest BCUT2D eigenvalue weighted by molar-refractivity contribution is 6.04. The van der Waals surface area contributed by atoms with Crippen LogP contribution in [0.2, 0.25) is 0 Å². The minimum absolute atomic E-state index is 0.0230. The van der Waals surface area contributed by atoms with E-state index in [-0.39, 0.29) is 5.56 Å². The van der Waals surface area contributed by atoms with E-state index in [0.717, 1.165) is 37.9 Å². The topological polar surface area (TPSA) is 48.5 Å². The molecule has 2 fully saturated rings. The average molecular weight is 368 g/mol. The summed E-state index contributed by atoms with van der Waals surface area (Å²) in [5.74, 6) is -0.572. The van der Waals surface area contributed by atoms with Crippen LogP contribution in [0.25, 0.3) is 0 Å². The molecular weight excluding hydrogens is 343 g/mol. The second-order valence-corrected chi connectivity index (χ2v) is 7.29. The first-order chi connectivity index (χ1) is 13.2. The summed E-state index contributed by atoms with van der Waals surface area (Å²) in [6.45, 7) is 4.09. The first-order valence-electron chi connectivity index (χ1n) is 9.71. The molecule has 0 bridgehead atoms. The Kier molecular flexibility index (Phi) is 5.34. The number of benzene rings is 1. The van der Waals surface area contributed by atoms with Gasteiger partial charge in [0.1, 0.15) is 11.6 Å². The third kappa shape index (κ3) is 4.11. The van der Waals surface area contributed by atoms with Crippen LogP contribution in [0.4, 0.5) is 15.9 Å². The molecule has 1 saturated carbocycles. The Morgan fingerprint density at radius 2 is 1.81 bits per heavy atom. The number of piperazine rings is 1. The number of hydrogen-bond donors (Lipinski definition) is 1. The van der Waals surface area contributed by atoms with Gasteiger partial charge in [-0.1, -0.05) is 25.0 Å². The first kappa shape index (κ1) is 17.9. The molecule has 6 heteroatoms. The normalized spacial score (nSPS) is 18.6. The fourth-order valence-corrected chi connectivity index (χ4v) is 4.13. The second kappa shape index (κ2) is 8.05. The predicted molar refractivity (Wildman–Crippen MR) is 105 cm³/mol. The van der Waals surface area contributed by atoms with E-state index >= 15 is 0 Å². The van der Waals surface area contributed by atoms with Crippen LogP contribution in [0, 0.1) is 5.82 Å². The molecule has 142 valence electrons. The fourth-order valence-electron chi connectivity index (χ4n) is 4.13. The molecule has 2 aliphatic rings. The minimum Gasteiger partial charge on any atom is -0.369 e. The maximum Gasteiger partial charge on any atom is 0.259 e. The Morgan fingerprint density at radius 3 is 2.56 bits per heavy atom. The van der Waals surface area contributed by atoms with Crippen LogP contribution in [-0.4, -0.2) is 48.0 Å². The molecule has 2 aromatic rings. The predicted octanol–water partition coefficient (Wildman–Crippen LogP) is 3.54. The third-order valence-electron chi connectivity index (χ3n) is 5.62. The van der Waals surface area contributed by atoms with Gasteiger partial charge in [-0.05, 0) is 31.0 Å². The van der Waals surface area contributed by atoms with Crippen LogP contribution in [0.3, 0.4) is 0 Å². The summed E-state index contributed by atoms with van der Waals surface area (Å²) in [5.41, 5.74) is 1.06. The number of halogens is 1. The van der Waals surface area contributed by atoms with Crippen molar-refractivity contribution in [2.45, 2.75) is 31.7 Å². The van der Waals surface area contributed by atoms with Gasteiger partial charge in [0.25, 0.3) is 5.91 Å². The number of nitrogens with one attached hydrogen (secondary N) is 1. The van der Waals surface area contributed by atoms with Crippen LogP contribution in [0.15, 0.2) is 42.6 Å². The van der Waals surface area contributed by atoms with Gasteiger partial charge < -0.3 is 10.2 Å². The molecule has 1 aromatic heterocycles. The highest BCUT2D eigenvalue weighted by Crippen LogP contribution is 2.26. The van der Waals surface area contributed by atoms with Crippen molar-refractivity contribution in [3.8, 4) is 0 Å². The Balaban J connectivity index is 1.39. The molecule has 0 radical (unpaired) electrons. The number of nitrogens with zero attached hydrogens (tertiary/aromatic N) is 3. The average Bonchev–Trinajstić information content (AvgIpc) is 3.23. The number of hydrogen-bond acceptors (Lipinski definition) is 4. The Hall–Kier alpha value is -2.47. The van der Waals surface area contributed by atoms with Crippen molar-refractivity contribution in [1.82, 2.24) is 9.88 Å². The monoisotopic (exact) mass is 368 g/mol. The molecule has 4 rings (SSSR count). The first-order valence-corrected chi connectivity index (χ1v) is 9.71. The molecule has 0 unspecified atom stereocenters. The zero-order valence-electron chi connectivity index (χ0n) is 15.4. The largest absolute Gasteiger partial charge is 0.369 e. The van der Waals surface area contributed by atoms with Crippen LogP contribution >= 0.6 is 0 Å². The van der Waals surface area contributed by atoms with Crippen molar-refractivity contribution in [3.63, 3.8) is 0 Å². The number of carbonyl (C=O) groups is 1. The Labute approximate surface area is 159 Å². The van der Waals surface area contributed by atoms with E-state index in [4.69, 9.17) is 0 Å². The number of amides is 1. The lowest BCUT2D eigenvalue weighted by molar-refractivity contribution is 0.102. The summed E-state index contributed by atoms with van der Waals surface area (Å²) in [6, 6.07) is 10.6. The van der Waals surface area contributed by atoms with Crippen molar-refractivity contribution in [2.75, 3.05) is 36.4 Å². The third-order valence-corrected chi connectivity index (χ3v) is 5.62. The van der Waals surface area contributed by atoms with Crippen molar-refractivity contribution in [3.05, 3.63) is 54.0 Å². The zero-order chi connectivity index (χ0) is 18.6. The van der Waals surface area contributed by atoms with Gasteiger partial charge in [0.05, 0.1) is 5.56 Å². The van der Waals surface area contributed by atoms with E-state index in [0.29, 0.717) is 5.82 Å². The zero-order valence-corrected chi connectivity index (χ0v) is 15.4. The van der Waals surface area contributed by atoms with Gasteiger partial charge in [-0.3, -0.25) is 9.69 Å². The number of aromatic nitrogens is 1. The number of pyridine rings is 1.